The van der Waals surface area contributed by atoms with E-state index in [1.165, 1.54) is 16.4 Å². The van der Waals surface area contributed by atoms with Gasteiger partial charge in [-0.3, -0.25) is 13.9 Å². The Bertz CT molecular complexity index is 1210. The third-order valence-corrected chi connectivity index (χ3v) is 7.74. The summed E-state index contributed by atoms with van der Waals surface area (Å²) in [6.07, 6.45) is 0.528. The highest BCUT2D eigenvalue weighted by Gasteiger charge is 2.30. The highest BCUT2D eigenvalue weighted by Crippen LogP contribution is 2.26. The van der Waals surface area contributed by atoms with E-state index in [0.29, 0.717) is 18.7 Å². The van der Waals surface area contributed by atoms with Gasteiger partial charge in [-0.25, -0.2) is 13.2 Å². The fraction of sp³-hybridized carbons (Fsp3) is 0.444. The monoisotopic (exact) mass is 546 g/mol. The Balaban J connectivity index is 1.77. The normalized spacial score (nSPS) is 15.3. The van der Waals surface area contributed by atoms with Gasteiger partial charge >= 0.3 is 11.9 Å². The molecule has 0 radical (unpaired) electrons. The number of hydrogen-bond donors (Lipinski definition) is 1. The van der Waals surface area contributed by atoms with Gasteiger partial charge in [-0.2, -0.15) is 0 Å². The van der Waals surface area contributed by atoms with Crippen LogP contribution in [0.5, 0.6) is 0 Å². The first-order valence-corrected chi connectivity index (χ1v) is 14.0. The number of ether oxygens (including phenoxy) is 3. The number of epoxide rings is 1. The van der Waals surface area contributed by atoms with Crippen molar-refractivity contribution in [2.75, 3.05) is 30.7 Å². The molecule has 10 nitrogen and oxygen atoms in total. The van der Waals surface area contributed by atoms with E-state index in [1.807, 2.05) is 6.92 Å². The molecule has 1 aliphatic heterocycles. The zero-order valence-electron chi connectivity index (χ0n) is 21.8. The molecule has 2 aromatic rings. The van der Waals surface area contributed by atoms with Crippen molar-refractivity contribution in [2.45, 2.75) is 57.1 Å². The molecule has 2 atom stereocenters. The van der Waals surface area contributed by atoms with Crippen molar-refractivity contribution in [3.63, 3.8) is 0 Å². The Labute approximate surface area is 223 Å². The Morgan fingerprint density at radius 1 is 1.03 bits per heavy atom. The molecule has 3 rings (SSSR count). The molecule has 38 heavy (non-hydrogen) atoms. The van der Waals surface area contributed by atoms with Gasteiger partial charge in [0.2, 0.25) is 0 Å². The standard InChI is InChI=1S/C27H34N2O8S/c1-4-35-25(30)15-14-24(27(32)36-5-2)28-26(31)20-8-10-21(11-9-20)29(17-16-22-18-37-22)38(33,34)23-12-6-19(3)7-13-23/h6-13,22,24H,4-5,14-18H2,1-3H3,(H,28,31)/t22-,24-/m1/s1. The van der Waals surface area contributed by atoms with Crippen LogP contribution in [0.3, 0.4) is 0 Å². The molecule has 1 N–H and O–H groups in total. The molecule has 2 aromatic carbocycles. The van der Waals surface area contributed by atoms with Crippen LogP contribution >= 0.6 is 0 Å². The van der Waals surface area contributed by atoms with E-state index in [1.54, 1.807) is 50.2 Å². The lowest BCUT2D eigenvalue weighted by Gasteiger charge is -2.25. The second-order valence-electron chi connectivity index (χ2n) is 8.80. The van der Waals surface area contributed by atoms with Crippen molar-refractivity contribution in [1.29, 1.82) is 0 Å². The maximum Gasteiger partial charge on any atom is 0.328 e. The number of amides is 1. The van der Waals surface area contributed by atoms with Crippen LogP contribution in [0.4, 0.5) is 5.69 Å². The molecule has 0 unspecified atom stereocenters. The zero-order chi connectivity index (χ0) is 27.7. The van der Waals surface area contributed by atoms with Crippen molar-refractivity contribution in [3.05, 3.63) is 59.7 Å². The van der Waals surface area contributed by atoms with E-state index < -0.39 is 33.9 Å². The van der Waals surface area contributed by atoms with E-state index in [9.17, 15) is 22.8 Å². The van der Waals surface area contributed by atoms with Gasteiger partial charge in [-0.15, -0.1) is 0 Å². The van der Waals surface area contributed by atoms with Gasteiger partial charge in [0.1, 0.15) is 6.04 Å². The number of benzene rings is 2. The topological polar surface area (TPSA) is 132 Å². The number of esters is 2. The molecule has 1 saturated heterocycles. The van der Waals surface area contributed by atoms with Crippen LogP contribution < -0.4 is 9.62 Å². The van der Waals surface area contributed by atoms with Gasteiger partial charge in [-0.05, 0) is 70.0 Å². The molecule has 11 heteroatoms. The minimum Gasteiger partial charge on any atom is -0.466 e. The maximum atomic E-state index is 13.5. The molecule has 1 fully saturated rings. The molecule has 1 amide bonds. The maximum absolute atomic E-state index is 13.5. The molecule has 1 aliphatic rings. The molecular formula is C27H34N2O8S. The smallest absolute Gasteiger partial charge is 0.328 e. The van der Waals surface area contributed by atoms with Gasteiger partial charge in [0.25, 0.3) is 15.9 Å². The Morgan fingerprint density at radius 2 is 1.66 bits per heavy atom. The summed E-state index contributed by atoms with van der Waals surface area (Å²) in [5.41, 5.74) is 1.56. The number of sulfonamides is 1. The molecular weight excluding hydrogens is 512 g/mol. The van der Waals surface area contributed by atoms with Gasteiger partial charge in [0.05, 0.1) is 36.5 Å². The van der Waals surface area contributed by atoms with Crippen LogP contribution in [-0.4, -0.2) is 64.8 Å². The van der Waals surface area contributed by atoms with E-state index in [0.717, 1.165) is 5.56 Å². The van der Waals surface area contributed by atoms with Crippen molar-refractivity contribution < 1.29 is 37.0 Å². The Hall–Kier alpha value is -3.44. The number of nitrogens with zero attached hydrogens (tertiary/aromatic N) is 1. The highest BCUT2D eigenvalue weighted by molar-refractivity contribution is 7.92. The number of carbonyl (C=O) groups excluding carboxylic acids is 3. The Kier molecular flexibility index (Phi) is 10.3. The summed E-state index contributed by atoms with van der Waals surface area (Å²) in [6, 6.07) is 11.7. The molecule has 0 saturated carbocycles. The minimum absolute atomic E-state index is 0.0211. The average Bonchev–Trinajstić information content (AvgIpc) is 3.72. The van der Waals surface area contributed by atoms with E-state index in [2.05, 4.69) is 5.32 Å². The van der Waals surface area contributed by atoms with Crippen molar-refractivity contribution in [2.24, 2.45) is 0 Å². The fourth-order valence-corrected chi connectivity index (χ4v) is 5.21. The first-order valence-electron chi connectivity index (χ1n) is 12.6. The van der Waals surface area contributed by atoms with Gasteiger partial charge in [0.15, 0.2) is 0 Å². The third-order valence-electron chi connectivity index (χ3n) is 5.90. The van der Waals surface area contributed by atoms with E-state index in [-0.39, 0.29) is 49.2 Å². The fourth-order valence-electron chi connectivity index (χ4n) is 3.73. The number of nitrogens with one attached hydrogen (secondary N) is 1. The average molecular weight is 547 g/mol. The quantitative estimate of drug-likeness (QED) is 0.283. The van der Waals surface area contributed by atoms with Gasteiger partial charge < -0.3 is 19.5 Å². The number of aryl methyl sites for hydroxylation is 1. The SMILES string of the molecule is CCOC(=O)CC[C@@H](NC(=O)c1ccc(N(CC[C@@H]2CO2)S(=O)(=O)c2ccc(C)cc2)cc1)C(=O)OCC. The van der Waals surface area contributed by atoms with Gasteiger partial charge in [-0.1, -0.05) is 17.7 Å². The zero-order valence-corrected chi connectivity index (χ0v) is 22.7. The molecule has 1 heterocycles. The van der Waals surface area contributed by atoms with Crippen molar-refractivity contribution in [1.82, 2.24) is 5.32 Å². The summed E-state index contributed by atoms with van der Waals surface area (Å²) in [4.78, 5) is 37.2. The first-order chi connectivity index (χ1) is 18.1. The highest BCUT2D eigenvalue weighted by atomic mass is 32.2. The second-order valence-corrected chi connectivity index (χ2v) is 10.7. The van der Waals surface area contributed by atoms with E-state index in [4.69, 9.17) is 14.2 Å². The number of carbonyl (C=O) groups is 3. The van der Waals surface area contributed by atoms with Crippen LogP contribution in [0.25, 0.3) is 0 Å². The number of hydrogen-bond acceptors (Lipinski definition) is 8. The number of anilines is 1. The summed E-state index contributed by atoms with van der Waals surface area (Å²) in [6.45, 7) is 6.36. The predicted molar refractivity (Wildman–Crippen MR) is 140 cm³/mol. The van der Waals surface area contributed by atoms with Crippen LogP contribution in [-0.2, 0) is 33.8 Å². The van der Waals surface area contributed by atoms with Crippen LogP contribution in [0.1, 0.15) is 49.0 Å². The van der Waals surface area contributed by atoms with Crippen LogP contribution in [0, 0.1) is 6.92 Å². The van der Waals surface area contributed by atoms with Gasteiger partial charge in [0, 0.05) is 18.5 Å². The minimum atomic E-state index is -3.86. The van der Waals surface area contributed by atoms with Crippen LogP contribution in [0.2, 0.25) is 0 Å². The van der Waals surface area contributed by atoms with Crippen molar-refractivity contribution >= 4 is 33.6 Å². The first kappa shape index (κ1) is 29.1. The van der Waals surface area contributed by atoms with Crippen molar-refractivity contribution in [3.8, 4) is 0 Å². The summed E-state index contributed by atoms with van der Waals surface area (Å²) in [7, 11) is -3.86. The largest absolute Gasteiger partial charge is 0.466 e. The number of rotatable bonds is 14. The summed E-state index contributed by atoms with van der Waals surface area (Å²) in [5.74, 6) is -1.69. The molecule has 0 spiro atoms. The van der Waals surface area contributed by atoms with Crippen LogP contribution in [0.15, 0.2) is 53.4 Å². The second kappa shape index (κ2) is 13.4. The molecule has 0 bridgehead atoms. The lowest BCUT2D eigenvalue weighted by Crippen LogP contribution is -2.42. The molecule has 206 valence electrons. The summed E-state index contributed by atoms with van der Waals surface area (Å²) >= 11 is 0. The summed E-state index contributed by atoms with van der Waals surface area (Å²) in [5, 5.41) is 2.60. The Morgan fingerprint density at radius 3 is 2.24 bits per heavy atom. The summed E-state index contributed by atoms with van der Waals surface area (Å²) < 4.78 is 43.4. The lowest BCUT2D eigenvalue weighted by atomic mass is 10.1. The van der Waals surface area contributed by atoms with E-state index >= 15 is 0 Å². The third kappa shape index (κ3) is 8.03. The predicted octanol–water partition coefficient (Wildman–Crippen LogP) is 2.98. The lowest BCUT2D eigenvalue weighted by molar-refractivity contribution is -0.146. The molecule has 0 aromatic heterocycles. The molecule has 0 aliphatic carbocycles.